The molecular weight excluding hydrogens is 384 g/mol. The van der Waals surface area contributed by atoms with E-state index in [-0.39, 0.29) is 6.10 Å². The Morgan fingerprint density at radius 3 is 3.00 bits per heavy atom. The Morgan fingerprint density at radius 2 is 2.07 bits per heavy atom. The van der Waals surface area contributed by atoms with Crippen LogP contribution in [0.3, 0.4) is 0 Å². The van der Waals surface area contributed by atoms with Crippen molar-refractivity contribution in [2.75, 3.05) is 69.3 Å². The van der Waals surface area contributed by atoms with Gasteiger partial charge in [-0.15, -0.1) is 0 Å². The summed E-state index contributed by atoms with van der Waals surface area (Å²) in [5, 5.41) is 11.9. The van der Waals surface area contributed by atoms with Crippen LogP contribution in [-0.2, 0) is 9.47 Å². The molecule has 10 heteroatoms. The summed E-state index contributed by atoms with van der Waals surface area (Å²) >= 11 is 0. The quantitative estimate of drug-likeness (QED) is 0.617. The van der Waals surface area contributed by atoms with Crippen LogP contribution >= 0.6 is 0 Å². The first-order chi connectivity index (χ1) is 14.9. The molecular formula is C20H26N8O2. The molecule has 2 saturated heterocycles. The highest BCUT2D eigenvalue weighted by atomic mass is 16.5. The number of anilines is 2. The van der Waals surface area contributed by atoms with Crippen LogP contribution in [0.4, 0.5) is 11.6 Å². The van der Waals surface area contributed by atoms with Crippen molar-refractivity contribution in [3.05, 3.63) is 36.4 Å². The van der Waals surface area contributed by atoms with Gasteiger partial charge >= 0.3 is 0 Å². The minimum atomic E-state index is -0.0278. The zero-order valence-corrected chi connectivity index (χ0v) is 16.8. The van der Waals surface area contributed by atoms with Gasteiger partial charge in [-0.05, 0) is 12.1 Å². The molecule has 2 N–H and O–H groups in total. The fourth-order valence-electron chi connectivity index (χ4n) is 3.95. The summed E-state index contributed by atoms with van der Waals surface area (Å²) in [5.41, 5.74) is 1.73. The first-order valence-electron chi connectivity index (χ1n) is 10.4. The predicted octanol–water partition coefficient (Wildman–Crippen LogP) is 1.07. The molecule has 1 unspecified atom stereocenters. The largest absolute Gasteiger partial charge is 0.378 e. The molecule has 158 valence electrons. The van der Waals surface area contributed by atoms with Gasteiger partial charge in [-0.25, -0.2) is 15.0 Å². The van der Waals surface area contributed by atoms with Gasteiger partial charge in [0.15, 0.2) is 5.65 Å². The Balaban J connectivity index is 1.16. The third kappa shape index (κ3) is 4.20. The summed E-state index contributed by atoms with van der Waals surface area (Å²) in [7, 11) is 0. The van der Waals surface area contributed by atoms with Crippen molar-refractivity contribution in [3.8, 4) is 0 Å². The number of hydrogen-bond donors (Lipinski definition) is 2. The predicted molar refractivity (Wildman–Crippen MR) is 113 cm³/mol. The highest BCUT2D eigenvalue weighted by Gasteiger charge is 2.25. The van der Waals surface area contributed by atoms with Crippen LogP contribution < -0.4 is 10.2 Å². The molecule has 0 aromatic carbocycles. The van der Waals surface area contributed by atoms with Crippen LogP contribution in [0.1, 0.15) is 11.8 Å². The van der Waals surface area contributed by atoms with Gasteiger partial charge in [0, 0.05) is 56.9 Å². The number of nitrogens with zero attached hydrogens (tertiary/aromatic N) is 6. The summed E-state index contributed by atoms with van der Waals surface area (Å²) in [6.45, 7) is 7.34. The third-order valence-electron chi connectivity index (χ3n) is 5.55. The lowest BCUT2D eigenvalue weighted by Gasteiger charge is -2.32. The van der Waals surface area contributed by atoms with E-state index in [4.69, 9.17) is 9.47 Å². The van der Waals surface area contributed by atoms with Gasteiger partial charge < -0.3 is 19.7 Å². The van der Waals surface area contributed by atoms with E-state index in [1.165, 1.54) is 0 Å². The summed E-state index contributed by atoms with van der Waals surface area (Å²) in [6, 6.07) is 5.97. The van der Waals surface area contributed by atoms with Crippen LogP contribution in [0.15, 0.2) is 30.7 Å². The number of ether oxygens (including phenoxy) is 2. The second kappa shape index (κ2) is 8.90. The molecule has 0 amide bonds. The monoisotopic (exact) mass is 410 g/mol. The number of fused-ring (bicyclic) bond motifs is 1. The van der Waals surface area contributed by atoms with Crippen LogP contribution in [0, 0.1) is 0 Å². The van der Waals surface area contributed by atoms with Gasteiger partial charge in [-0.1, -0.05) is 0 Å². The Bertz CT molecular complexity index is 974. The molecule has 0 radical (unpaired) electrons. The molecule has 0 spiro atoms. The Morgan fingerprint density at radius 1 is 1.13 bits per heavy atom. The number of H-pyrrole nitrogens is 1. The van der Waals surface area contributed by atoms with E-state index in [1.54, 1.807) is 12.5 Å². The first-order valence-corrected chi connectivity index (χ1v) is 10.4. The topological polar surface area (TPSA) is 104 Å². The van der Waals surface area contributed by atoms with Gasteiger partial charge in [0.2, 0.25) is 0 Å². The summed E-state index contributed by atoms with van der Waals surface area (Å²) < 4.78 is 11.4. The zero-order chi connectivity index (χ0) is 20.2. The van der Waals surface area contributed by atoms with E-state index < -0.39 is 0 Å². The SMILES string of the molecule is c1cnc2n[nH]c(C3CN(CCNc4cc(N5CCOCC5)ncn4)CCO3)c2c1. The van der Waals surface area contributed by atoms with Crippen molar-refractivity contribution >= 4 is 22.7 Å². The summed E-state index contributed by atoms with van der Waals surface area (Å²) in [5.74, 6) is 1.80. The van der Waals surface area contributed by atoms with E-state index in [1.807, 2.05) is 18.2 Å². The van der Waals surface area contributed by atoms with Gasteiger partial charge in [0.05, 0.1) is 25.5 Å². The Hall–Kier alpha value is -2.82. The van der Waals surface area contributed by atoms with Gasteiger partial charge in [0.25, 0.3) is 0 Å². The molecule has 30 heavy (non-hydrogen) atoms. The standard InChI is InChI=1S/C20H26N8O2/c1-2-15-19(25-26-20(15)22-3-1)16-13-27(6-11-30-16)5-4-21-17-12-18(24-14-23-17)28-7-9-29-10-8-28/h1-3,12,14,16H,4-11,13H2,(H,21,23,24)(H,22,25,26). The van der Waals surface area contributed by atoms with Crippen LogP contribution in [0.2, 0.25) is 0 Å². The van der Waals surface area contributed by atoms with E-state index >= 15 is 0 Å². The molecule has 2 fully saturated rings. The van der Waals surface area contributed by atoms with Gasteiger partial charge in [0.1, 0.15) is 24.1 Å². The molecule has 10 nitrogen and oxygen atoms in total. The summed E-state index contributed by atoms with van der Waals surface area (Å²) in [6.07, 6.45) is 3.35. The third-order valence-corrected chi connectivity index (χ3v) is 5.55. The maximum atomic E-state index is 6.01. The minimum Gasteiger partial charge on any atom is -0.378 e. The molecule has 3 aromatic rings. The number of nitrogens with one attached hydrogen (secondary N) is 2. The highest BCUT2D eigenvalue weighted by molar-refractivity contribution is 5.77. The van der Waals surface area contributed by atoms with Crippen molar-refractivity contribution in [3.63, 3.8) is 0 Å². The van der Waals surface area contributed by atoms with Gasteiger partial charge in [-0.2, -0.15) is 5.10 Å². The van der Waals surface area contributed by atoms with Crippen molar-refractivity contribution in [2.24, 2.45) is 0 Å². The Labute approximate surface area is 174 Å². The second-order valence-corrected chi connectivity index (χ2v) is 7.46. The fraction of sp³-hybridized carbons (Fsp3) is 0.500. The number of morpholine rings is 2. The molecule has 2 aliphatic heterocycles. The second-order valence-electron chi connectivity index (χ2n) is 7.46. The maximum absolute atomic E-state index is 6.01. The highest BCUT2D eigenvalue weighted by Crippen LogP contribution is 2.26. The van der Waals surface area contributed by atoms with Crippen molar-refractivity contribution in [2.45, 2.75) is 6.10 Å². The van der Waals surface area contributed by atoms with E-state index in [9.17, 15) is 0 Å². The van der Waals surface area contributed by atoms with E-state index in [0.29, 0.717) is 6.61 Å². The number of aromatic nitrogens is 5. The maximum Gasteiger partial charge on any atom is 0.181 e. The Kier molecular flexibility index (Phi) is 5.69. The lowest BCUT2D eigenvalue weighted by Crippen LogP contribution is -2.41. The number of pyridine rings is 1. The number of rotatable bonds is 6. The molecule has 1 atom stereocenters. The van der Waals surface area contributed by atoms with Crippen LogP contribution in [0.5, 0.6) is 0 Å². The minimum absolute atomic E-state index is 0.0278. The molecule has 0 aliphatic carbocycles. The smallest absolute Gasteiger partial charge is 0.181 e. The number of aromatic amines is 1. The van der Waals surface area contributed by atoms with E-state index in [2.05, 4.69) is 40.3 Å². The average Bonchev–Trinajstić information content (AvgIpc) is 3.24. The van der Waals surface area contributed by atoms with E-state index in [0.717, 1.165) is 80.8 Å². The van der Waals surface area contributed by atoms with Crippen LogP contribution in [0.25, 0.3) is 11.0 Å². The van der Waals surface area contributed by atoms with Crippen molar-refractivity contribution < 1.29 is 9.47 Å². The van der Waals surface area contributed by atoms with Crippen LogP contribution in [-0.4, -0.2) is 89.1 Å². The normalized spacial score (nSPS) is 20.5. The molecule has 5 rings (SSSR count). The van der Waals surface area contributed by atoms with Crippen molar-refractivity contribution in [1.82, 2.24) is 30.0 Å². The first kappa shape index (κ1) is 19.2. The lowest BCUT2D eigenvalue weighted by atomic mass is 10.1. The fourth-order valence-corrected chi connectivity index (χ4v) is 3.95. The summed E-state index contributed by atoms with van der Waals surface area (Å²) in [4.78, 5) is 17.7. The van der Waals surface area contributed by atoms with Gasteiger partial charge in [-0.3, -0.25) is 10.00 Å². The average molecular weight is 410 g/mol. The molecule has 5 heterocycles. The zero-order valence-electron chi connectivity index (χ0n) is 16.8. The molecule has 0 bridgehead atoms. The molecule has 0 saturated carbocycles. The lowest BCUT2D eigenvalue weighted by molar-refractivity contribution is -0.0300. The number of hydrogen-bond acceptors (Lipinski definition) is 9. The molecule has 2 aliphatic rings. The molecule has 3 aromatic heterocycles. The van der Waals surface area contributed by atoms with Crippen molar-refractivity contribution in [1.29, 1.82) is 0 Å².